The van der Waals surface area contributed by atoms with Crippen LogP contribution in [0.4, 0.5) is 0 Å². The van der Waals surface area contributed by atoms with Gasteiger partial charge in [-0.05, 0) is 72.8 Å². The predicted octanol–water partition coefficient (Wildman–Crippen LogP) is 6.32. The fourth-order valence-electron chi connectivity index (χ4n) is 2.39. The molecule has 256 valence electrons. The molecule has 0 aromatic carbocycles. The Morgan fingerprint density at radius 3 is 0.553 bits per heavy atom. The van der Waals surface area contributed by atoms with Crippen LogP contribution in [0, 0.1) is 0 Å². The highest BCUT2D eigenvalue weighted by Crippen LogP contribution is 2.22. The smallest absolute Gasteiger partial charge is 0.292 e. The molecule has 10 N–H and O–H groups in total. The highest BCUT2D eigenvalue weighted by molar-refractivity contribution is 5.14. The first-order chi connectivity index (χ1) is 20.9. The Morgan fingerprint density at radius 1 is 0.255 bits per heavy atom. The molecule has 0 atom stereocenters. The van der Waals surface area contributed by atoms with Crippen molar-refractivity contribution in [2.45, 2.75) is 0 Å². The van der Waals surface area contributed by atoms with Gasteiger partial charge in [0.25, 0.3) is 23.8 Å². The summed E-state index contributed by atoms with van der Waals surface area (Å²) in [7, 11) is 0. The van der Waals surface area contributed by atoms with E-state index in [0.717, 1.165) is 0 Å². The molecule has 0 radical (unpaired) electrons. The quantitative estimate of drug-likeness (QED) is 0.202. The summed E-state index contributed by atoms with van der Waals surface area (Å²) >= 11 is 0. The summed E-state index contributed by atoms with van der Waals surface area (Å²) in [5.74, 6) is 1.72. The van der Waals surface area contributed by atoms with Crippen LogP contribution in [0.5, 0.6) is 23.8 Å². The van der Waals surface area contributed by atoms with Crippen LogP contribution < -0.4 is 9.47 Å². The standard InChI is InChI=1S/2C8H6O3.4C4H4O.5H2O/c2*1-3-7(9-5-1)11-8-4-2-6-10-8;4*1-2-4-5-3-1;;;;;/h2*1-6H;4*1-4H;5*1H2. The second-order valence-corrected chi connectivity index (χ2v) is 7.11. The number of furan rings is 8. The Morgan fingerprint density at radius 2 is 0.447 bits per heavy atom. The normalized spacial score (nSPS) is 8.00. The SMILES string of the molecule is O.O.O.O.O.c1ccoc1.c1ccoc1.c1ccoc1.c1ccoc1.c1coc(Oc2ccco2)c1.c1coc(Oc2ccco2)c1. The van der Waals surface area contributed by atoms with Crippen molar-refractivity contribution in [2.24, 2.45) is 0 Å². The van der Waals surface area contributed by atoms with Crippen molar-refractivity contribution in [3.63, 3.8) is 0 Å². The van der Waals surface area contributed by atoms with E-state index in [4.69, 9.17) is 27.1 Å². The maximum atomic E-state index is 5.12. The zero-order valence-corrected chi connectivity index (χ0v) is 24.7. The maximum absolute atomic E-state index is 5.12. The van der Waals surface area contributed by atoms with Gasteiger partial charge in [0, 0.05) is 24.3 Å². The van der Waals surface area contributed by atoms with Gasteiger partial charge in [-0.15, -0.1) is 0 Å². The van der Waals surface area contributed by atoms with Crippen molar-refractivity contribution in [1.29, 1.82) is 0 Å². The molecule has 8 aromatic rings. The summed E-state index contributed by atoms with van der Waals surface area (Å²) in [5.41, 5.74) is 0. The zero-order chi connectivity index (χ0) is 29.2. The van der Waals surface area contributed by atoms with Crippen LogP contribution in [0.1, 0.15) is 0 Å². The van der Waals surface area contributed by atoms with E-state index in [1.165, 1.54) is 25.1 Å². The Bertz CT molecular complexity index is 1180. The fraction of sp³-hybridized carbons (Fsp3) is 0. The molecule has 15 heteroatoms. The van der Waals surface area contributed by atoms with Gasteiger partial charge in [-0.25, -0.2) is 0 Å². The lowest BCUT2D eigenvalue weighted by Gasteiger charge is -1.93. The molecule has 0 aliphatic rings. The molecule has 0 saturated carbocycles. The van der Waals surface area contributed by atoms with Crippen molar-refractivity contribution in [1.82, 2.24) is 0 Å². The van der Waals surface area contributed by atoms with E-state index < -0.39 is 0 Å². The third-order valence-electron chi connectivity index (χ3n) is 4.08. The van der Waals surface area contributed by atoms with Gasteiger partial charge in [-0.2, -0.15) is 0 Å². The van der Waals surface area contributed by atoms with Gasteiger partial charge in [0.05, 0.1) is 75.2 Å². The topological polar surface area (TPSA) is 281 Å². The molecule has 0 aliphatic carbocycles. The molecule has 0 spiro atoms. The molecule has 0 bridgehead atoms. The molecule has 15 nitrogen and oxygen atoms in total. The van der Waals surface area contributed by atoms with Crippen LogP contribution in [-0.2, 0) is 0 Å². The molecule has 47 heavy (non-hydrogen) atoms. The second kappa shape index (κ2) is 31.1. The number of hydrogen-bond acceptors (Lipinski definition) is 10. The van der Waals surface area contributed by atoms with Crippen LogP contribution in [0.25, 0.3) is 0 Å². The highest BCUT2D eigenvalue weighted by Gasteiger charge is 2.00. The highest BCUT2D eigenvalue weighted by atomic mass is 16.6. The Hall–Kier alpha value is -6.36. The number of hydrogen-bond donors (Lipinski definition) is 0. The molecular weight excluding hydrogens is 624 g/mol. The second-order valence-electron chi connectivity index (χ2n) is 7.11. The average molecular weight is 663 g/mol. The first-order valence-electron chi connectivity index (χ1n) is 12.3. The number of ether oxygens (including phenoxy) is 2. The first-order valence-corrected chi connectivity index (χ1v) is 12.3. The Labute approximate surface area is 268 Å². The van der Waals surface area contributed by atoms with Crippen molar-refractivity contribution in [3.8, 4) is 23.8 Å². The average Bonchev–Trinajstić information content (AvgIpc) is 3.90. The van der Waals surface area contributed by atoms with Crippen LogP contribution in [0.3, 0.4) is 0 Å². The summed E-state index contributed by atoms with van der Waals surface area (Å²) in [6, 6.07) is 28.5. The molecule has 8 aromatic heterocycles. The summed E-state index contributed by atoms with van der Waals surface area (Å²) < 4.78 is 48.3. The van der Waals surface area contributed by atoms with Gasteiger partial charge < -0.3 is 72.2 Å². The van der Waals surface area contributed by atoms with Crippen molar-refractivity contribution < 1.29 is 72.2 Å². The minimum absolute atomic E-state index is 0. The first kappa shape index (κ1) is 45.1. The van der Waals surface area contributed by atoms with Gasteiger partial charge in [-0.3, -0.25) is 0 Å². The van der Waals surface area contributed by atoms with Crippen molar-refractivity contribution in [3.05, 3.63) is 172 Å². The third-order valence-corrected chi connectivity index (χ3v) is 4.08. The van der Waals surface area contributed by atoms with Gasteiger partial charge in [0.1, 0.15) is 0 Å². The largest absolute Gasteiger partial charge is 0.473 e. The van der Waals surface area contributed by atoms with E-state index in [1.54, 1.807) is 98.6 Å². The minimum atomic E-state index is 0. The van der Waals surface area contributed by atoms with Gasteiger partial charge >= 0.3 is 0 Å². The van der Waals surface area contributed by atoms with Crippen LogP contribution >= 0.6 is 0 Å². The lowest BCUT2D eigenvalue weighted by Crippen LogP contribution is -1.75. The number of rotatable bonds is 4. The van der Waals surface area contributed by atoms with E-state index in [9.17, 15) is 0 Å². The van der Waals surface area contributed by atoms with E-state index in [2.05, 4.69) is 17.7 Å². The summed E-state index contributed by atoms with van der Waals surface area (Å²) in [5, 5.41) is 0. The molecule has 0 saturated heterocycles. The summed E-state index contributed by atoms with van der Waals surface area (Å²) in [6.07, 6.45) is 19.2. The van der Waals surface area contributed by atoms with E-state index in [1.807, 2.05) is 48.5 Å². The third kappa shape index (κ3) is 22.8. The zero-order valence-electron chi connectivity index (χ0n) is 24.7. The summed E-state index contributed by atoms with van der Waals surface area (Å²) in [4.78, 5) is 0. The van der Waals surface area contributed by atoms with Crippen LogP contribution in [0.2, 0.25) is 0 Å². The van der Waals surface area contributed by atoms with Gasteiger partial charge in [0.2, 0.25) is 0 Å². The van der Waals surface area contributed by atoms with E-state index >= 15 is 0 Å². The molecular formula is C32H38O15. The van der Waals surface area contributed by atoms with Crippen LogP contribution in [-0.4, -0.2) is 27.4 Å². The molecule has 0 fully saturated rings. The molecule has 0 unspecified atom stereocenters. The lowest BCUT2D eigenvalue weighted by atomic mass is 10.6. The maximum Gasteiger partial charge on any atom is 0.292 e. The molecule has 0 aliphatic heterocycles. The monoisotopic (exact) mass is 662 g/mol. The van der Waals surface area contributed by atoms with E-state index in [0.29, 0.717) is 23.8 Å². The van der Waals surface area contributed by atoms with Crippen molar-refractivity contribution in [2.75, 3.05) is 0 Å². The van der Waals surface area contributed by atoms with E-state index in [-0.39, 0.29) is 27.4 Å². The predicted molar refractivity (Wildman–Crippen MR) is 168 cm³/mol. The Balaban J connectivity index is -0.000000503. The fourth-order valence-corrected chi connectivity index (χ4v) is 2.39. The molecule has 0 amide bonds. The van der Waals surface area contributed by atoms with Crippen LogP contribution in [0.15, 0.2) is 208 Å². The van der Waals surface area contributed by atoms with Gasteiger partial charge in [0.15, 0.2) is 0 Å². The van der Waals surface area contributed by atoms with Crippen molar-refractivity contribution >= 4 is 0 Å². The molecule has 8 heterocycles. The summed E-state index contributed by atoms with van der Waals surface area (Å²) in [6.45, 7) is 0. The van der Waals surface area contributed by atoms with Gasteiger partial charge in [-0.1, -0.05) is 0 Å². The molecule has 8 rings (SSSR count). The Kier molecular flexibility index (Phi) is 29.8. The minimum Gasteiger partial charge on any atom is -0.473 e. The lowest BCUT2D eigenvalue weighted by molar-refractivity contribution is 0.279.